The molecular weight excluding hydrogens is 350 g/mol. The van der Waals surface area contributed by atoms with Gasteiger partial charge in [-0.3, -0.25) is 0 Å². The summed E-state index contributed by atoms with van der Waals surface area (Å²) in [6.45, 7) is 21.6. The molecule has 0 aromatic heterocycles. The van der Waals surface area contributed by atoms with E-state index in [0.717, 1.165) is 18.7 Å². The average molecular weight is 396 g/mol. The second kappa shape index (κ2) is 10.5. The highest BCUT2D eigenvalue weighted by Gasteiger charge is 2.35. The molecule has 0 radical (unpaired) electrons. The number of benzene rings is 1. The summed E-state index contributed by atoms with van der Waals surface area (Å²) in [7, 11) is 0. The summed E-state index contributed by atoms with van der Waals surface area (Å²) in [5.41, 5.74) is 9.05. The third-order valence-electron chi connectivity index (χ3n) is 6.62. The van der Waals surface area contributed by atoms with E-state index < -0.39 is 0 Å². The molecule has 0 saturated carbocycles. The fraction of sp³-hybridized carbons (Fsp3) is 0.643. The summed E-state index contributed by atoms with van der Waals surface area (Å²) in [6, 6.07) is 4.97. The van der Waals surface area contributed by atoms with Crippen LogP contribution in [-0.4, -0.2) is 6.54 Å². The number of hydrogen-bond acceptors (Lipinski definition) is 1. The van der Waals surface area contributed by atoms with E-state index in [9.17, 15) is 0 Å². The number of allylic oxidation sites excluding steroid dienone is 3. The number of rotatable bonds is 9. The van der Waals surface area contributed by atoms with Crippen LogP contribution in [0.4, 0.5) is 0 Å². The Bertz CT molecular complexity index is 717. The largest absolute Gasteiger partial charge is 0.389 e. The van der Waals surface area contributed by atoms with Crippen LogP contribution in [-0.2, 0) is 12.8 Å². The zero-order valence-electron chi connectivity index (χ0n) is 20.3. The minimum atomic E-state index is 0.310. The maximum absolute atomic E-state index is 4.32. The van der Waals surface area contributed by atoms with Gasteiger partial charge in [0, 0.05) is 24.6 Å². The molecule has 1 aliphatic rings. The second-order valence-corrected chi connectivity index (χ2v) is 10.3. The first-order valence-electron chi connectivity index (χ1n) is 11.9. The molecule has 0 saturated heterocycles. The second-order valence-electron chi connectivity index (χ2n) is 10.3. The van der Waals surface area contributed by atoms with Crippen molar-refractivity contribution < 1.29 is 0 Å². The minimum Gasteiger partial charge on any atom is -0.389 e. The van der Waals surface area contributed by atoms with Gasteiger partial charge in [-0.2, -0.15) is 0 Å². The van der Waals surface area contributed by atoms with Crippen molar-refractivity contribution in [1.82, 2.24) is 5.32 Å². The summed E-state index contributed by atoms with van der Waals surface area (Å²) in [5, 5.41) is 3.46. The predicted molar refractivity (Wildman–Crippen MR) is 130 cm³/mol. The van der Waals surface area contributed by atoms with Gasteiger partial charge in [-0.1, -0.05) is 70.9 Å². The van der Waals surface area contributed by atoms with Gasteiger partial charge in [-0.05, 0) is 80.0 Å². The molecule has 0 fully saturated rings. The van der Waals surface area contributed by atoms with E-state index in [1.54, 1.807) is 11.1 Å². The third-order valence-corrected chi connectivity index (χ3v) is 6.62. The Kier molecular flexibility index (Phi) is 8.61. The van der Waals surface area contributed by atoms with Gasteiger partial charge >= 0.3 is 0 Å². The topological polar surface area (TPSA) is 12.0 Å². The Morgan fingerprint density at radius 1 is 1.14 bits per heavy atom. The van der Waals surface area contributed by atoms with Crippen molar-refractivity contribution in [2.75, 3.05) is 6.54 Å². The maximum atomic E-state index is 4.32. The molecule has 29 heavy (non-hydrogen) atoms. The summed E-state index contributed by atoms with van der Waals surface area (Å²) in [5.74, 6) is 1.19. The number of hydrogen-bond donors (Lipinski definition) is 1. The molecule has 0 aliphatic heterocycles. The van der Waals surface area contributed by atoms with E-state index in [4.69, 9.17) is 0 Å². The van der Waals surface area contributed by atoms with Gasteiger partial charge in [0.25, 0.3) is 0 Å². The molecule has 1 N–H and O–H groups in total. The van der Waals surface area contributed by atoms with Crippen LogP contribution in [0.2, 0.25) is 0 Å². The van der Waals surface area contributed by atoms with E-state index in [-0.39, 0.29) is 0 Å². The molecule has 1 aromatic rings. The molecule has 0 heterocycles. The van der Waals surface area contributed by atoms with Gasteiger partial charge in [-0.15, -0.1) is 0 Å². The van der Waals surface area contributed by atoms with Crippen molar-refractivity contribution in [2.45, 2.75) is 99.3 Å². The Morgan fingerprint density at radius 2 is 1.86 bits per heavy atom. The SMILES string of the molecule is C=C(Cc1cc(CCCCC)cc(C)c1C1C=C(C)CCC1C(C)(C)C)NCC. The van der Waals surface area contributed by atoms with Crippen LogP contribution >= 0.6 is 0 Å². The zero-order chi connectivity index (χ0) is 21.6. The molecule has 2 unspecified atom stereocenters. The molecule has 2 atom stereocenters. The summed E-state index contributed by atoms with van der Waals surface area (Å²) in [4.78, 5) is 0. The fourth-order valence-corrected chi connectivity index (χ4v) is 5.17. The Labute approximate surface area is 181 Å². The van der Waals surface area contributed by atoms with Gasteiger partial charge in [-0.25, -0.2) is 0 Å². The van der Waals surface area contributed by atoms with Crippen LogP contribution in [0, 0.1) is 18.3 Å². The average Bonchev–Trinajstić information content (AvgIpc) is 2.60. The smallest absolute Gasteiger partial charge is 0.0120 e. The maximum Gasteiger partial charge on any atom is 0.0120 e. The summed E-state index contributed by atoms with van der Waals surface area (Å²) >= 11 is 0. The van der Waals surface area contributed by atoms with Gasteiger partial charge in [0.1, 0.15) is 0 Å². The van der Waals surface area contributed by atoms with Crippen LogP contribution in [0.15, 0.2) is 36.1 Å². The standard InChI is InChI=1S/C28H45N/c1-9-11-12-13-23-17-21(4)27(24(19-23)18-22(5)29-10-2)25-16-20(3)14-15-26(25)28(6,7)8/h16-17,19,25-26,29H,5,9-15,18H2,1-4,6-8H3. The highest BCUT2D eigenvalue weighted by molar-refractivity contribution is 5.46. The highest BCUT2D eigenvalue weighted by Crippen LogP contribution is 2.47. The lowest BCUT2D eigenvalue weighted by atomic mass is 9.64. The molecule has 0 spiro atoms. The quantitative estimate of drug-likeness (QED) is 0.331. The van der Waals surface area contributed by atoms with Crippen molar-refractivity contribution in [1.29, 1.82) is 0 Å². The number of likely N-dealkylation sites (N-methyl/N-ethyl adjacent to an activating group) is 1. The monoisotopic (exact) mass is 395 g/mol. The first-order chi connectivity index (χ1) is 13.7. The molecular formula is C28H45N. The normalized spacial score (nSPS) is 19.8. The van der Waals surface area contributed by atoms with E-state index in [1.165, 1.54) is 55.2 Å². The van der Waals surface area contributed by atoms with Crippen LogP contribution in [0.3, 0.4) is 0 Å². The van der Waals surface area contributed by atoms with Crippen molar-refractivity contribution in [3.05, 3.63) is 58.3 Å². The van der Waals surface area contributed by atoms with Crippen LogP contribution in [0.1, 0.15) is 102 Å². The molecule has 0 amide bonds. The predicted octanol–water partition coefficient (Wildman–Crippen LogP) is 7.88. The van der Waals surface area contributed by atoms with Crippen molar-refractivity contribution in [2.24, 2.45) is 11.3 Å². The Balaban J connectivity index is 2.51. The first kappa shape index (κ1) is 23.8. The van der Waals surface area contributed by atoms with Crippen LogP contribution in [0.25, 0.3) is 0 Å². The minimum absolute atomic E-state index is 0.310. The molecule has 1 heteroatoms. The number of aryl methyl sites for hydroxylation is 2. The van der Waals surface area contributed by atoms with E-state index in [2.05, 4.69) is 78.6 Å². The summed E-state index contributed by atoms with van der Waals surface area (Å²) in [6.07, 6.45) is 11.1. The fourth-order valence-electron chi connectivity index (χ4n) is 5.17. The zero-order valence-corrected chi connectivity index (χ0v) is 20.3. The van der Waals surface area contributed by atoms with Crippen molar-refractivity contribution in [3.8, 4) is 0 Å². The van der Waals surface area contributed by atoms with E-state index in [1.807, 2.05) is 0 Å². The van der Waals surface area contributed by atoms with Gasteiger partial charge in [0.05, 0.1) is 0 Å². The first-order valence-corrected chi connectivity index (χ1v) is 11.9. The van der Waals surface area contributed by atoms with E-state index in [0.29, 0.717) is 17.3 Å². The molecule has 1 nitrogen and oxygen atoms in total. The number of nitrogens with one attached hydrogen (secondary N) is 1. The van der Waals surface area contributed by atoms with Gasteiger partial charge in [0.15, 0.2) is 0 Å². The highest BCUT2D eigenvalue weighted by atomic mass is 14.9. The van der Waals surface area contributed by atoms with Crippen molar-refractivity contribution in [3.63, 3.8) is 0 Å². The Morgan fingerprint density at radius 3 is 2.48 bits per heavy atom. The lowest BCUT2D eigenvalue weighted by molar-refractivity contribution is 0.197. The molecule has 1 aliphatic carbocycles. The molecule has 2 rings (SSSR count). The van der Waals surface area contributed by atoms with Gasteiger partial charge in [0.2, 0.25) is 0 Å². The lowest BCUT2D eigenvalue weighted by Gasteiger charge is -2.41. The number of unbranched alkanes of at least 4 members (excludes halogenated alkanes) is 2. The summed E-state index contributed by atoms with van der Waals surface area (Å²) < 4.78 is 0. The Hall–Kier alpha value is -1.50. The van der Waals surface area contributed by atoms with E-state index >= 15 is 0 Å². The van der Waals surface area contributed by atoms with Crippen LogP contribution < -0.4 is 5.32 Å². The molecule has 1 aromatic carbocycles. The molecule has 162 valence electrons. The van der Waals surface area contributed by atoms with Gasteiger partial charge < -0.3 is 5.32 Å². The molecule has 0 bridgehead atoms. The van der Waals surface area contributed by atoms with Crippen molar-refractivity contribution >= 4 is 0 Å². The van der Waals surface area contributed by atoms with Crippen LogP contribution in [0.5, 0.6) is 0 Å². The third kappa shape index (κ3) is 6.49. The lowest BCUT2D eigenvalue weighted by Crippen LogP contribution is -2.30.